The zero-order valence-electron chi connectivity index (χ0n) is 10.1. The zero-order valence-corrected chi connectivity index (χ0v) is 10.1. The predicted molar refractivity (Wildman–Crippen MR) is 61.2 cm³/mol. The van der Waals surface area contributed by atoms with Crippen molar-refractivity contribution in [1.82, 2.24) is 20.4 Å². The number of hydrogen-bond donors (Lipinski definition) is 1. The Balaban J connectivity index is 1.74. The van der Waals surface area contributed by atoms with Crippen LogP contribution in [0.25, 0.3) is 0 Å². The van der Waals surface area contributed by atoms with Gasteiger partial charge in [0.25, 0.3) is 0 Å². The van der Waals surface area contributed by atoms with E-state index in [2.05, 4.69) is 27.4 Å². The van der Waals surface area contributed by atoms with Crippen LogP contribution in [-0.2, 0) is 6.54 Å². The lowest BCUT2D eigenvalue weighted by Crippen LogP contribution is -2.22. The largest absolute Gasteiger partial charge is 0.338 e. The third-order valence-electron chi connectivity index (χ3n) is 2.80. The van der Waals surface area contributed by atoms with Crippen LogP contribution in [0, 0.1) is 0 Å². The highest BCUT2D eigenvalue weighted by Gasteiger charge is 2.28. The predicted octanol–water partition coefficient (Wildman–Crippen LogP) is 0.988. The highest BCUT2D eigenvalue weighted by Crippen LogP contribution is 2.38. The molecule has 16 heavy (non-hydrogen) atoms. The van der Waals surface area contributed by atoms with E-state index in [1.165, 1.54) is 12.8 Å². The Morgan fingerprint density at radius 3 is 3.00 bits per heavy atom. The van der Waals surface area contributed by atoms with Crippen molar-refractivity contribution < 1.29 is 4.52 Å². The van der Waals surface area contributed by atoms with Crippen molar-refractivity contribution in [3.05, 3.63) is 11.7 Å². The number of nitrogens with zero attached hydrogens (tertiary/aromatic N) is 3. The van der Waals surface area contributed by atoms with E-state index in [9.17, 15) is 0 Å². The summed E-state index contributed by atoms with van der Waals surface area (Å²) in [5.41, 5.74) is 0. The second-order valence-electron chi connectivity index (χ2n) is 4.52. The monoisotopic (exact) mass is 224 g/mol. The van der Waals surface area contributed by atoms with Gasteiger partial charge in [0.15, 0.2) is 5.82 Å². The van der Waals surface area contributed by atoms with Crippen LogP contribution < -0.4 is 5.32 Å². The molecular weight excluding hydrogens is 204 g/mol. The Hall–Kier alpha value is -0.940. The van der Waals surface area contributed by atoms with E-state index in [1.807, 2.05) is 7.05 Å². The fraction of sp³-hybridized carbons (Fsp3) is 0.818. The molecule has 5 nitrogen and oxygen atoms in total. The topological polar surface area (TPSA) is 54.2 Å². The lowest BCUT2D eigenvalue weighted by Gasteiger charge is -2.13. The fourth-order valence-corrected chi connectivity index (χ4v) is 1.68. The maximum atomic E-state index is 5.22. The smallest absolute Gasteiger partial charge is 0.240 e. The molecule has 1 aliphatic carbocycles. The van der Waals surface area contributed by atoms with Gasteiger partial charge in [0.2, 0.25) is 5.89 Å². The van der Waals surface area contributed by atoms with Crippen LogP contribution in [0.5, 0.6) is 0 Å². The van der Waals surface area contributed by atoms with Crippen LogP contribution in [-0.4, -0.2) is 42.2 Å². The first-order valence-corrected chi connectivity index (χ1v) is 5.95. The first-order chi connectivity index (χ1) is 7.79. The van der Waals surface area contributed by atoms with E-state index >= 15 is 0 Å². The number of hydrogen-bond acceptors (Lipinski definition) is 5. The standard InChI is InChI=1S/C11H20N4O/c1-12-6-3-7-15(2)8-10-13-11(14-16-10)9-4-5-9/h9,12H,3-8H2,1-2H3. The van der Waals surface area contributed by atoms with Crippen molar-refractivity contribution in [2.45, 2.75) is 31.7 Å². The van der Waals surface area contributed by atoms with Gasteiger partial charge in [-0.15, -0.1) is 0 Å². The summed E-state index contributed by atoms with van der Waals surface area (Å²) in [7, 11) is 4.05. The molecule has 0 bridgehead atoms. The van der Waals surface area contributed by atoms with Gasteiger partial charge >= 0.3 is 0 Å². The molecule has 1 aliphatic rings. The SMILES string of the molecule is CNCCCN(C)Cc1nc(C2CC2)no1. The number of rotatable bonds is 7. The van der Waals surface area contributed by atoms with Gasteiger partial charge in [-0.05, 0) is 46.4 Å². The first kappa shape index (κ1) is 11.5. The molecule has 0 unspecified atom stereocenters. The summed E-state index contributed by atoms with van der Waals surface area (Å²) < 4.78 is 5.22. The molecule has 0 amide bonds. The van der Waals surface area contributed by atoms with Gasteiger partial charge in [0.05, 0.1) is 6.54 Å². The van der Waals surface area contributed by atoms with Crippen LogP contribution in [0.15, 0.2) is 4.52 Å². The highest BCUT2D eigenvalue weighted by atomic mass is 16.5. The van der Waals surface area contributed by atoms with Gasteiger partial charge in [-0.1, -0.05) is 5.16 Å². The van der Waals surface area contributed by atoms with Gasteiger partial charge < -0.3 is 9.84 Å². The Labute approximate surface area is 96.2 Å². The molecule has 0 saturated heterocycles. The maximum Gasteiger partial charge on any atom is 0.240 e. The molecule has 1 aromatic heterocycles. The van der Waals surface area contributed by atoms with Crippen LogP contribution in [0.1, 0.15) is 36.9 Å². The summed E-state index contributed by atoms with van der Waals surface area (Å²) in [5, 5.41) is 7.14. The minimum absolute atomic E-state index is 0.576. The van der Waals surface area contributed by atoms with Crippen LogP contribution in [0.3, 0.4) is 0 Å². The first-order valence-electron chi connectivity index (χ1n) is 5.95. The third-order valence-corrected chi connectivity index (χ3v) is 2.80. The summed E-state index contributed by atoms with van der Waals surface area (Å²) in [4.78, 5) is 6.62. The molecule has 1 heterocycles. The lowest BCUT2D eigenvalue weighted by molar-refractivity contribution is 0.263. The van der Waals surface area contributed by atoms with Crippen LogP contribution in [0.2, 0.25) is 0 Å². The highest BCUT2D eigenvalue weighted by molar-refractivity contribution is 5.03. The summed E-state index contributed by atoms with van der Waals surface area (Å²) in [6.45, 7) is 2.84. The van der Waals surface area contributed by atoms with E-state index in [0.29, 0.717) is 5.92 Å². The van der Waals surface area contributed by atoms with Crippen molar-refractivity contribution in [3.63, 3.8) is 0 Å². The average molecular weight is 224 g/mol. The Morgan fingerprint density at radius 2 is 2.31 bits per heavy atom. The minimum Gasteiger partial charge on any atom is -0.338 e. The molecule has 5 heteroatoms. The zero-order chi connectivity index (χ0) is 11.4. The summed E-state index contributed by atoms with van der Waals surface area (Å²) in [6.07, 6.45) is 3.57. The second kappa shape index (κ2) is 5.41. The maximum absolute atomic E-state index is 5.22. The molecule has 1 aromatic rings. The Morgan fingerprint density at radius 1 is 1.50 bits per heavy atom. The third kappa shape index (κ3) is 3.28. The van der Waals surface area contributed by atoms with Crippen molar-refractivity contribution in [2.24, 2.45) is 0 Å². The summed E-state index contributed by atoms with van der Waals surface area (Å²) in [6, 6.07) is 0. The van der Waals surface area contributed by atoms with Crippen LogP contribution in [0.4, 0.5) is 0 Å². The molecule has 0 radical (unpaired) electrons. The molecular formula is C11H20N4O. The Kier molecular flexibility index (Phi) is 3.90. The summed E-state index contributed by atoms with van der Waals surface area (Å²) >= 11 is 0. The molecule has 0 spiro atoms. The van der Waals surface area contributed by atoms with Gasteiger partial charge in [0, 0.05) is 5.92 Å². The Bertz CT molecular complexity index is 322. The van der Waals surface area contributed by atoms with Gasteiger partial charge in [-0.2, -0.15) is 4.98 Å². The van der Waals surface area contributed by atoms with Gasteiger partial charge in [-0.25, -0.2) is 0 Å². The molecule has 90 valence electrons. The van der Waals surface area contributed by atoms with Gasteiger partial charge in [0.1, 0.15) is 0 Å². The quantitative estimate of drug-likeness (QED) is 0.700. The van der Waals surface area contributed by atoms with Gasteiger partial charge in [-0.3, -0.25) is 4.90 Å². The van der Waals surface area contributed by atoms with E-state index in [0.717, 1.165) is 37.8 Å². The fourth-order valence-electron chi connectivity index (χ4n) is 1.68. The molecule has 2 rings (SSSR count). The molecule has 1 fully saturated rings. The average Bonchev–Trinajstić information content (AvgIpc) is 3.01. The molecule has 0 aliphatic heterocycles. The number of nitrogens with one attached hydrogen (secondary N) is 1. The van der Waals surface area contributed by atoms with E-state index in [1.54, 1.807) is 0 Å². The van der Waals surface area contributed by atoms with E-state index < -0.39 is 0 Å². The normalized spacial score (nSPS) is 15.9. The molecule has 1 N–H and O–H groups in total. The molecule has 0 aromatic carbocycles. The van der Waals surface area contributed by atoms with Crippen molar-refractivity contribution in [2.75, 3.05) is 27.2 Å². The van der Waals surface area contributed by atoms with Crippen LogP contribution >= 0.6 is 0 Å². The lowest BCUT2D eigenvalue weighted by atomic mass is 10.4. The minimum atomic E-state index is 0.576. The van der Waals surface area contributed by atoms with Crippen molar-refractivity contribution in [3.8, 4) is 0 Å². The van der Waals surface area contributed by atoms with E-state index in [4.69, 9.17) is 4.52 Å². The molecule has 1 saturated carbocycles. The second-order valence-corrected chi connectivity index (χ2v) is 4.52. The van der Waals surface area contributed by atoms with Crippen molar-refractivity contribution in [1.29, 1.82) is 0 Å². The summed E-state index contributed by atoms with van der Waals surface area (Å²) in [5.74, 6) is 2.22. The molecule has 0 atom stereocenters. The number of aromatic nitrogens is 2. The van der Waals surface area contributed by atoms with Crippen molar-refractivity contribution >= 4 is 0 Å². The van der Waals surface area contributed by atoms with E-state index in [-0.39, 0.29) is 0 Å².